The zero-order valence-electron chi connectivity index (χ0n) is 17.9. The van der Waals surface area contributed by atoms with Crippen molar-refractivity contribution < 1.29 is 9.53 Å². The number of rotatable bonds is 9. The number of carbonyl (C=O) groups is 1. The van der Waals surface area contributed by atoms with E-state index in [-0.39, 0.29) is 17.7 Å². The van der Waals surface area contributed by atoms with Gasteiger partial charge < -0.3 is 14.6 Å². The molecule has 0 aliphatic heterocycles. The van der Waals surface area contributed by atoms with Gasteiger partial charge in [0, 0.05) is 6.54 Å². The van der Waals surface area contributed by atoms with Gasteiger partial charge in [-0.2, -0.15) is 0 Å². The summed E-state index contributed by atoms with van der Waals surface area (Å²) in [7, 11) is 0. The minimum Gasteiger partial charge on any atom is -0.485 e. The smallest absolute Gasteiger partial charge is 0.230 e. The number of para-hydroxylation sites is 1. The van der Waals surface area contributed by atoms with E-state index in [1.54, 1.807) is 0 Å². The van der Waals surface area contributed by atoms with Gasteiger partial charge in [-0.15, -0.1) is 10.2 Å². The number of thioether (sulfide) groups is 1. The summed E-state index contributed by atoms with van der Waals surface area (Å²) in [5, 5.41) is 12.3. The second-order valence-electron chi connectivity index (χ2n) is 7.14. The molecule has 158 valence electrons. The first kappa shape index (κ1) is 21.9. The lowest BCUT2D eigenvalue weighted by Crippen LogP contribution is -2.28. The number of hydrogen-bond acceptors (Lipinski definition) is 5. The molecule has 6 nitrogen and oxygen atoms in total. The second kappa shape index (κ2) is 10.3. The number of ether oxygens (including phenoxy) is 1. The van der Waals surface area contributed by atoms with E-state index in [9.17, 15) is 4.79 Å². The number of aromatic nitrogens is 3. The summed E-state index contributed by atoms with van der Waals surface area (Å²) in [6.45, 7) is 9.13. The number of carbonyl (C=O) groups excluding carboxylic acids is 1. The van der Waals surface area contributed by atoms with Gasteiger partial charge in [-0.05, 0) is 44.4 Å². The third-order valence-corrected chi connectivity index (χ3v) is 5.84. The van der Waals surface area contributed by atoms with Crippen molar-refractivity contribution in [1.29, 1.82) is 0 Å². The minimum absolute atomic E-state index is 0.0321. The third-order valence-electron chi connectivity index (χ3n) is 4.87. The average Bonchev–Trinajstić information content (AvgIpc) is 3.14. The van der Waals surface area contributed by atoms with Crippen molar-refractivity contribution in [2.24, 2.45) is 0 Å². The van der Waals surface area contributed by atoms with Crippen LogP contribution in [-0.4, -0.2) is 26.4 Å². The summed E-state index contributed by atoms with van der Waals surface area (Å²) in [5.41, 5.74) is 3.27. The molecule has 0 fully saturated rings. The SMILES string of the molecule is CCn1c(COc2c(C)cccc2C)nnc1SCC(=O)NC(C)c1ccccc1. The molecule has 2 aromatic carbocycles. The first-order chi connectivity index (χ1) is 14.5. The van der Waals surface area contributed by atoms with Crippen LogP contribution >= 0.6 is 11.8 Å². The van der Waals surface area contributed by atoms with Gasteiger partial charge in [0.1, 0.15) is 12.4 Å². The Bertz CT molecular complexity index is 968. The van der Waals surface area contributed by atoms with Crippen LogP contribution in [-0.2, 0) is 17.9 Å². The molecular formula is C23H28N4O2S. The van der Waals surface area contributed by atoms with Gasteiger partial charge in [-0.3, -0.25) is 4.79 Å². The Morgan fingerprint density at radius 3 is 2.47 bits per heavy atom. The van der Waals surface area contributed by atoms with Crippen molar-refractivity contribution >= 4 is 17.7 Å². The monoisotopic (exact) mass is 424 g/mol. The van der Waals surface area contributed by atoms with E-state index in [1.165, 1.54) is 11.8 Å². The van der Waals surface area contributed by atoms with Crippen LogP contribution in [0.5, 0.6) is 5.75 Å². The van der Waals surface area contributed by atoms with Crippen molar-refractivity contribution in [2.45, 2.75) is 52.0 Å². The number of hydrogen-bond donors (Lipinski definition) is 1. The van der Waals surface area contributed by atoms with Gasteiger partial charge in [0.05, 0.1) is 11.8 Å². The molecule has 0 aliphatic carbocycles. The maximum absolute atomic E-state index is 12.4. The average molecular weight is 425 g/mol. The lowest BCUT2D eigenvalue weighted by Gasteiger charge is -2.14. The molecule has 1 N–H and O–H groups in total. The summed E-state index contributed by atoms with van der Waals surface area (Å²) in [5.74, 6) is 1.88. The first-order valence-corrected chi connectivity index (χ1v) is 11.1. The van der Waals surface area contributed by atoms with E-state index in [0.29, 0.717) is 13.2 Å². The Labute approximate surface area is 182 Å². The summed E-state index contributed by atoms with van der Waals surface area (Å²) in [6, 6.07) is 16.0. The van der Waals surface area contributed by atoms with E-state index in [2.05, 4.69) is 15.5 Å². The van der Waals surface area contributed by atoms with Crippen LogP contribution in [0.25, 0.3) is 0 Å². The summed E-state index contributed by atoms with van der Waals surface area (Å²) in [4.78, 5) is 12.4. The predicted octanol–water partition coefficient (Wildman–Crippen LogP) is 4.46. The zero-order chi connectivity index (χ0) is 21.5. The highest BCUT2D eigenvalue weighted by molar-refractivity contribution is 7.99. The molecule has 1 unspecified atom stereocenters. The zero-order valence-corrected chi connectivity index (χ0v) is 18.7. The molecule has 0 saturated heterocycles. The van der Waals surface area contributed by atoms with Crippen LogP contribution in [0.1, 0.15) is 42.4 Å². The van der Waals surface area contributed by atoms with Crippen molar-refractivity contribution in [3.8, 4) is 5.75 Å². The standard InChI is InChI=1S/C23H28N4O2S/c1-5-27-20(14-29-22-16(2)10-9-11-17(22)3)25-26-23(27)30-15-21(28)24-18(4)19-12-7-6-8-13-19/h6-13,18H,5,14-15H2,1-4H3,(H,24,28). The highest BCUT2D eigenvalue weighted by atomic mass is 32.2. The Kier molecular flexibility index (Phi) is 7.52. The topological polar surface area (TPSA) is 69.0 Å². The molecule has 30 heavy (non-hydrogen) atoms. The van der Waals surface area contributed by atoms with Crippen molar-refractivity contribution in [2.75, 3.05) is 5.75 Å². The predicted molar refractivity (Wildman–Crippen MR) is 120 cm³/mol. The van der Waals surface area contributed by atoms with E-state index in [1.807, 2.05) is 80.8 Å². The number of benzene rings is 2. The molecule has 3 rings (SSSR count). The molecule has 3 aromatic rings. The van der Waals surface area contributed by atoms with Gasteiger partial charge in [-0.25, -0.2) is 0 Å². The van der Waals surface area contributed by atoms with Crippen LogP contribution in [0.3, 0.4) is 0 Å². The molecule has 0 aliphatic rings. The van der Waals surface area contributed by atoms with Crippen LogP contribution in [0, 0.1) is 13.8 Å². The third kappa shape index (κ3) is 5.42. The highest BCUT2D eigenvalue weighted by Gasteiger charge is 2.16. The van der Waals surface area contributed by atoms with Gasteiger partial charge in [0.2, 0.25) is 5.91 Å². The van der Waals surface area contributed by atoms with E-state index < -0.39 is 0 Å². The van der Waals surface area contributed by atoms with Gasteiger partial charge in [-0.1, -0.05) is 60.3 Å². The number of nitrogens with one attached hydrogen (secondary N) is 1. The molecule has 1 aromatic heterocycles. The molecule has 7 heteroatoms. The van der Waals surface area contributed by atoms with E-state index >= 15 is 0 Å². The quantitative estimate of drug-likeness (QED) is 0.514. The Morgan fingerprint density at radius 2 is 1.80 bits per heavy atom. The Morgan fingerprint density at radius 1 is 1.10 bits per heavy atom. The van der Waals surface area contributed by atoms with Crippen molar-refractivity contribution in [3.05, 3.63) is 71.0 Å². The van der Waals surface area contributed by atoms with Crippen LogP contribution in [0.2, 0.25) is 0 Å². The molecule has 1 heterocycles. The van der Waals surface area contributed by atoms with Gasteiger partial charge >= 0.3 is 0 Å². The van der Waals surface area contributed by atoms with Gasteiger partial charge in [0.15, 0.2) is 11.0 Å². The largest absolute Gasteiger partial charge is 0.485 e. The number of amides is 1. The van der Waals surface area contributed by atoms with E-state index in [0.717, 1.165) is 33.4 Å². The van der Waals surface area contributed by atoms with E-state index in [4.69, 9.17) is 4.74 Å². The number of aryl methyl sites for hydroxylation is 2. The molecular weight excluding hydrogens is 396 g/mol. The fourth-order valence-corrected chi connectivity index (χ4v) is 4.08. The highest BCUT2D eigenvalue weighted by Crippen LogP contribution is 2.24. The maximum Gasteiger partial charge on any atom is 0.230 e. The first-order valence-electron chi connectivity index (χ1n) is 10.1. The fourth-order valence-electron chi connectivity index (χ4n) is 3.25. The number of nitrogens with zero attached hydrogens (tertiary/aromatic N) is 3. The molecule has 0 spiro atoms. The molecule has 0 bridgehead atoms. The molecule has 0 saturated carbocycles. The summed E-state index contributed by atoms with van der Waals surface area (Å²) in [6.07, 6.45) is 0. The molecule has 1 atom stereocenters. The van der Waals surface area contributed by atoms with Crippen LogP contribution in [0.15, 0.2) is 53.7 Å². The fraction of sp³-hybridized carbons (Fsp3) is 0.348. The van der Waals surface area contributed by atoms with Crippen molar-refractivity contribution in [1.82, 2.24) is 20.1 Å². The molecule has 1 amide bonds. The molecule has 0 radical (unpaired) electrons. The Hall–Kier alpha value is -2.80. The second-order valence-corrected chi connectivity index (χ2v) is 8.08. The van der Waals surface area contributed by atoms with Crippen LogP contribution < -0.4 is 10.1 Å². The lowest BCUT2D eigenvalue weighted by atomic mass is 10.1. The summed E-state index contributed by atoms with van der Waals surface area (Å²) >= 11 is 1.39. The maximum atomic E-state index is 12.4. The minimum atomic E-state index is -0.0374. The Balaban J connectivity index is 1.58. The van der Waals surface area contributed by atoms with Gasteiger partial charge in [0.25, 0.3) is 0 Å². The lowest BCUT2D eigenvalue weighted by molar-refractivity contribution is -0.119. The summed E-state index contributed by atoms with van der Waals surface area (Å²) < 4.78 is 8.02. The van der Waals surface area contributed by atoms with Crippen LogP contribution in [0.4, 0.5) is 0 Å². The van der Waals surface area contributed by atoms with Crippen molar-refractivity contribution in [3.63, 3.8) is 0 Å². The normalized spacial score (nSPS) is 11.9.